The molecule has 4 heteroatoms. The van der Waals surface area contributed by atoms with Crippen LogP contribution in [0.4, 0.5) is 0 Å². The van der Waals surface area contributed by atoms with Gasteiger partial charge in [-0.05, 0) is 61.0 Å². The largest absolute Gasteiger partial charge is 0.488 e. The molecule has 0 saturated carbocycles. The number of fused-ring (bicyclic) bond motifs is 2. The zero-order valence-corrected chi connectivity index (χ0v) is 16.1. The highest BCUT2D eigenvalue weighted by molar-refractivity contribution is 5.89. The van der Waals surface area contributed by atoms with E-state index in [1.54, 1.807) is 6.08 Å². The Morgan fingerprint density at radius 3 is 2.78 bits per heavy atom. The van der Waals surface area contributed by atoms with E-state index in [0.29, 0.717) is 6.61 Å². The van der Waals surface area contributed by atoms with E-state index in [0.717, 1.165) is 29.8 Å². The third-order valence-electron chi connectivity index (χ3n) is 4.52. The number of hydrogen-bond acceptors (Lipinski definition) is 4. The van der Waals surface area contributed by atoms with Crippen LogP contribution >= 0.6 is 0 Å². The van der Waals surface area contributed by atoms with Crippen LogP contribution in [0.2, 0.25) is 0 Å². The van der Waals surface area contributed by atoms with Crippen LogP contribution in [0.1, 0.15) is 28.7 Å². The second kappa shape index (κ2) is 8.69. The van der Waals surface area contributed by atoms with Gasteiger partial charge in [0.25, 0.3) is 0 Å². The average Bonchev–Trinajstić information content (AvgIpc) is 2.83. The monoisotopic (exact) mass is 363 g/mol. The first-order valence-corrected chi connectivity index (χ1v) is 9.05. The fourth-order valence-electron chi connectivity index (χ4n) is 3.12. The van der Waals surface area contributed by atoms with E-state index in [4.69, 9.17) is 4.74 Å². The van der Waals surface area contributed by atoms with Crippen LogP contribution in [0.15, 0.2) is 54.6 Å². The molecule has 0 unspecified atom stereocenters. The van der Waals surface area contributed by atoms with E-state index in [1.165, 1.54) is 29.9 Å². The number of rotatable bonds is 5. The lowest BCUT2D eigenvalue weighted by Crippen LogP contribution is -2.12. The Morgan fingerprint density at radius 1 is 1.19 bits per heavy atom. The second-order valence-corrected chi connectivity index (χ2v) is 6.77. The standard InChI is InChI=1S/C23H25NO3/c1-24(2)14-6-9-20-19-8-5-4-7-18(19)16-27-22-12-10-17(15-21(20)22)11-13-23(25)26-3/h4-5,7-13,15H,6,14,16H2,1-3H3/b13-11+,20-9?. The van der Waals surface area contributed by atoms with E-state index >= 15 is 0 Å². The zero-order valence-electron chi connectivity index (χ0n) is 16.1. The van der Waals surface area contributed by atoms with Gasteiger partial charge in [0.2, 0.25) is 0 Å². The Balaban J connectivity index is 2.05. The summed E-state index contributed by atoms with van der Waals surface area (Å²) in [5.74, 6) is 0.491. The number of methoxy groups -OCH3 is 1. The van der Waals surface area contributed by atoms with E-state index in [2.05, 4.69) is 54.1 Å². The van der Waals surface area contributed by atoms with Crippen molar-refractivity contribution in [3.63, 3.8) is 0 Å². The van der Waals surface area contributed by atoms with Crippen LogP contribution < -0.4 is 4.74 Å². The molecule has 1 aliphatic heterocycles. The fourth-order valence-corrected chi connectivity index (χ4v) is 3.12. The molecular weight excluding hydrogens is 338 g/mol. The molecule has 0 amide bonds. The van der Waals surface area contributed by atoms with Crippen molar-refractivity contribution in [2.24, 2.45) is 0 Å². The van der Waals surface area contributed by atoms with Crippen molar-refractivity contribution in [1.29, 1.82) is 0 Å². The Bertz CT molecular complexity index is 881. The molecule has 0 N–H and O–H groups in total. The third-order valence-corrected chi connectivity index (χ3v) is 4.52. The first-order valence-electron chi connectivity index (χ1n) is 9.05. The lowest BCUT2D eigenvalue weighted by Gasteiger charge is -2.13. The summed E-state index contributed by atoms with van der Waals surface area (Å²) in [7, 11) is 5.53. The van der Waals surface area contributed by atoms with Gasteiger partial charge in [-0.25, -0.2) is 4.79 Å². The third kappa shape index (κ3) is 4.66. The molecule has 2 aromatic rings. The van der Waals surface area contributed by atoms with Crippen molar-refractivity contribution < 1.29 is 14.3 Å². The predicted octanol–water partition coefficient (Wildman–Crippen LogP) is 4.15. The molecule has 0 spiro atoms. The van der Waals surface area contributed by atoms with Crippen molar-refractivity contribution in [2.45, 2.75) is 13.0 Å². The summed E-state index contributed by atoms with van der Waals surface area (Å²) in [6.07, 6.45) is 6.42. The number of benzene rings is 2. The Labute approximate surface area is 160 Å². The van der Waals surface area contributed by atoms with Crippen molar-refractivity contribution in [3.8, 4) is 5.75 Å². The Hall–Kier alpha value is -2.85. The van der Waals surface area contributed by atoms with Gasteiger partial charge in [-0.2, -0.15) is 0 Å². The number of carbonyl (C=O) groups excluding carboxylic acids is 1. The molecule has 4 nitrogen and oxygen atoms in total. The normalized spacial score (nSPS) is 14.6. The van der Waals surface area contributed by atoms with Gasteiger partial charge in [-0.15, -0.1) is 0 Å². The predicted molar refractivity (Wildman–Crippen MR) is 109 cm³/mol. The van der Waals surface area contributed by atoms with Gasteiger partial charge in [0.15, 0.2) is 0 Å². The molecule has 140 valence electrons. The lowest BCUT2D eigenvalue weighted by molar-refractivity contribution is -0.134. The van der Waals surface area contributed by atoms with Gasteiger partial charge in [0.05, 0.1) is 7.11 Å². The zero-order chi connectivity index (χ0) is 19.2. The summed E-state index contributed by atoms with van der Waals surface area (Å²) in [6.45, 7) is 1.52. The van der Waals surface area contributed by atoms with E-state index < -0.39 is 0 Å². The maximum Gasteiger partial charge on any atom is 0.330 e. The molecule has 1 aliphatic rings. The minimum Gasteiger partial charge on any atom is -0.488 e. The van der Waals surface area contributed by atoms with Crippen molar-refractivity contribution >= 4 is 17.6 Å². The van der Waals surface area contributed by atoms with Gasteiger partial charge in [0, 0.05) is 18.2 Å². The van der Waals surface area contributed by atoms with Crippen molar-refractivity contribution in [3.05, 3.63) is 76.9 Å². The van der Waals surface area contributed by atoms with Crippen molar-refractivity contribution in [2.75, 3.05) is 27.7 Å². The molecule has 0 fully saturated rings. The van der Waals surface area contributed by atoms with E-state index in [9.17, 15) is 4.79 Å². The van der Waals surface area contributed by atoms with Gasteiger partial charge in [-0.1, -0.05) is 36.4 Å². The first kappa shape index (κ1) is 18.9. The van der Waals surface area contributed by atoms with E-state index in [1.807, 2.05) is 18.2 Å². The minimum absolute atomic E-state index is 0.367. The van der Waals surface area contributed by atoms with E-state index in [-0.39, 0.29) is 5.97 Å². The van der Waals surface area contributed by atoms with Gasteiger partial charge >= 0.3 is 5.97 Å². The van der Waals surface area contributed by atoms with Crippen LogP contribution in [-0.4, -0.2) is 38.6 Å². The molecule has 0 atom stereocenters. The molecule has 0 aromatic heterocycles. The maximum atomic E-state index is 11.4. The topological polar surface area (TPSA) is 38.8 Å². The quantitative estimate of drug-likeness (QED) is 0.591. The number of hydrogen-bond donors (Lipinski definition) is 0. The fraction of sp³-hybridized carbons (Fsp3) is 0.261. The van der Waals surface area contributed by atoms with Gasteiger partial charge in [0.1, 0.15) is 12.4 Å². The highest BCUT2D eigenvalue weighted by Crippen LogP contribution is 2.37. The second-order valence-electron chi connectivity index (χ2n) is 6.77. The van der Waals surface area contributed by atoms with Crippen LogP contribution in [0.3, 0.4) is 0 Å². The maximum absolute atomic E-state index is 11.4. The average molecular weight is 363 g/mol. The summed E-state index contributed by atoms with van der Waals surface area (Å²) < 4.78 is 10.7. The summed E-state index contributed by atoms with van der Waals surface area (Å²) in [5, 5.41) is 0. The summed E-state index contributed by atoms with van der Waals surface area (Å²) in [6, 6.07) is 14.3. The van der Waals surface area contributed by atoms with Crippen LogP contribution in [0.25, 0.3) is 11.6 Å². The molecule has 1 heterocycles. The van der Waals surface area contributed by atoms with Crippen molar-refractivity contribution in [1.82, 2.24) is 4.90 Å². The number of ether oxygens (including phenoxy) is 2. The molecule has 27 heavy (non-hydrogen) atoms. The highest BCUT2D eigenvalue weighted by atomic mass is 16.5. The molecule has 0 radical (unpaired) electrons. The van der Waals surface area contributed by atoms with Crippen LogP contribution in [0, 0.1) is 0 Å². The Kier molecular flexibility index (Phi) is 6.09. The van der Waals surface area contributed by atoms with Gasteiger partial charge in [-0.3, -0.25) is 0 Å². The van der Waals surface area contributed by atoms with Gasteiger partial charge < -0.3 is 14.4 Å². The molecule has 3 rings (SSSR count). The molecule has 0 bridgehead atoms. The summed E-state index contributed by atoms with van der Waals surface area (Å²) in [5.41, 5.74) is 5.53. The number of nitrogens with zero attached hydrogens (tertiary/aromatic N) is 1. The molecular formula is C23H25NO3. The van der Waals surface area contributed by atoms with Crippen LogP contribution in [0.5, 0.6) is 5.75 Å². The molecule has 0 aliphatic carbocycles. The minimum atomic E-state index is -0.367. The molecule has 0 saturated heterocycles. The highest BCUT2D eigenvalue weighted by Gasteiger charge is 2.19. The first-order chi connectivity index (χ1) is 13.1. The number of esters is 1. The SMILES string of the molecule is COC(=O)/C=C/c1ccc2c(c1)C(=CCCN(C)C)c1ccccc1CO2. The smallest absolute Gasteiger partial charge is 0.330 e. The van der Waals surface area contributed by atoms with Crippen LogP contribution in [-0.2, 0) is 16.1 Å². The summed E-state index contributed by atoms with van der Waals surface area (Å²) in [4.78, 5) is 13.6. The molecule has 2 aromatic carbocycles. The lowest BCUT2D eigenvalue weighted by atomic mass is 9.92. The Morgan fingerprint density at radius 2 is 2.00 bits per heavy atom. The summed E-state index contributed by atoms with van der Waals surface area (Å²) >= 11 is 0. The number of carbonyl (C=O) groups is 1.